The number of rotatable bonds is 5. The fourth-order valence-electron chi connectivity index (χ4n) is 4.81. The molecule has 2 bridgehead atoms. The van der Waals surface area contributed by atoms with Gasteiger partial charge in [0.25, 0.3) is 5.91 Å². The minimum Gasteiger partial charge on any atom is -0.318 e. The zero-order valence-corrected chi connectivity index (χ0v) is 15.2. The number of hydrogen-bond acceptors (Lipinski definition) is 3. The maximum absolute atomic E-state index is 12.3. The van der Waals surface area contributed by atoms with E-state index in [4.69, 9.17) is 0 Å². The number of imidazole rings is 1. The van der Waals surface area contributed by atoms with Crippen LogP contribution < -0.4 is 10.9 Å². The third kappa shape index (κ3) is 3.32. The Balaban J connectivity index is 1.32. The smallest absolute Gasteiger partial charge is 0.258 e. The monoisotopic (exact) mass is 354 g/mol. The predicted molar refractivity (Wildman–Crippen MR) is 99.0 cm³/mol. The van der Waals surface area contributed by atoms with Crippen LogP contribution >= 0.6 is 0 Å². The molecule has 1 aromatic heterocycles. The summed E-state index contributed by atoms with van der Waals surface area (Å²) in [4.78, 5) is 29.1. The Morgan fingerprint density at radius 2 is 1.96 bits per heavy atom. The quantitative estimate of drug-likeness (QED) is 0.810. The third-order valence-corrected chi connectivity index (χ3v) is 6.03. The molecule has 1 aromatic carbocycles. The second kappa shape index (κ2) is 7.09. The molecule has 0 aliphatic heterocycles. The number of fused-ring (bicyclic) bond motifs is 3. The van der Waals surface area contributed by atoms with Crippen LogP contribution in [0.2, 0.25) is 0 Å². The highest BCUT2D eigenvalue weighted by molar-refractivity contribution is 5.84. The van der Waals surface area contributed by atoms with Gasteiger partial charge in [0.15, 0.2) is 0 Å². The van der Waals surface area contributed by atoms with Crippen LogP contribution in [0, 0.1) is 17.8 Å². The maximum atomic E-state index is 12.3. The highest BCUT2D eigenvalue weighted by atomic mass is 16.2. The minimum absolute atomic E-state index is 0.0814. The Bertz CT molecular complexity index is 828. The highest BCUT2D eigenvalue weighted by Crippen LogP contribution is 2.49. The van der Waals surface area contributed by atoms with Gasteiger partial charge in [0, 0.05) is 12.8 Å². The second-order valence-corrected chi connectivity index (χ2v) is 7.69. The number of amides is 2. The van der Waals surface area contributed by atoms with Gasteiger partial charge in [0.1, 0.15) is 12.4 Å². The van der Waals surface area contributed by atoms with Gasteiger partial charge in [-0.05, 0) is 49.1 Å². The van der Waals surface area contributed by atoms with E-state index in [1.807, 2.05) is 35.8 Å². The van der Waals surface area contributed by atoms with Crippen LogP contribution in [0.1, 0.15) is 44.9 Å². The summed E-state index contributed by atoms with van der Waals surface area (Å²) in [6.07, 6.45) is 6.33. The molecule has 4 rings (SSSR count). The van der Waals surface area contributed by atoms with Crippen molar-refractivity contribution in [2.24, 2.45) is 17.8 Å². The number of hydrazine groups is 1. The van der Waals surface area contributed by atoms with Crippen molar-refractivity contribution in [2.75, 3.05) is 0 Å². The van der Waals surface area contributed by atoms with Gasteiger partial charge in [-0.15, -0.1) is 0 Å². The molecular weight excluding hydrogens is 328 g/mol. The van der Waals surface area contributed by atoms with Crippen molar-refractivity contribution in [1.82, 2.24) is 20.4 Å². The number of nitrogens with one attached hydrogen (secondary N) is 2. The van der Waals surface area contributed by atoms with Crippen LogP contribution in [0.25, 0.3) is 11.0 Å². The van der Waals surface area contributed by atoms with E-state index in [2.05, 4.69) is 15.8 Å². The molecule has 2 aromatic rings. The summed E-state index contributed by atoms with van der Waals surface area (Å²) in [7, 11) is 0. The molecule has 6 nitrogen and oxygen atoms in total. The molecule has 2 amide bonds. The molecule has 2 N–H and O–H groups in total. The van der Waals surface area contributed by atoms with Gasteiger partial charge >= 0.3 is 0 Å². The number of carbonyl (C=O) groups excluding carboxylic acids is 2. The van der Waals surface area contributed by atoms with Crippen molar-refractivity contribution in [3.63, 3.8) is 0 Å². The number of aryl methyl sites for hydroxylation is 1. The molecule has 1 heterocycles. The van der Waals surface area contributed by atoms with Gasteiger partial charge < -0.3 is 4.57 Å². The number of benzene rings is 1. The molecule has 0 spiro atoms. The molecular formula is C20H26N4O2. The topological polar surface area (TPSA) is 76.0 Å². The van der Waals surface area contributed by atoms with Crippen molar-refractivity contribution >= 4 is 22.8 Å². The first kappa shape index (κ1) is 17.1. The molecule has 2 saturated carbocycles. The first-order chi connectivity index (χ1) is 12.6. The lowest BCUT2D eigenvalue weighted by Crippen LogP contribution is -2.44. The van der Waals surface area contributed by atoms with Crippen molar-refractivity contribution in [2.45, 2.75) is 52.0 Å². The van der Waals surface area contributed by atoms with E-state index >= 15 is 0 Å². The highest BCUT2D eigenvalue weighted by Gasteiger charge is 2.40. The summed E-state index contributed by atoms with van der Waals surface area (Å²) in [5, 5.41) is 0. The van der Waals surface area contributed by atoms with Gasteiger partial charge in [-0.2, -0.15) is 0 Å². The molecule has 0 unspecified atom stereocenters. The van der Waals surface area contributed by atoms with Crippen molar-refractivity contribution in [3.05, 3.63) is 30.1 Å². The zero-order valence-electron chi connectivity index (χ0n) is 15.2. The molecule has 138 valence electrons. The molecule has 2 aliphatic rings. The Kier molecular flexibility index (Phi) is 4.66. The molecule has 0 saturated heterocycles. The van der Waals surface area contributed by atoms with E-state index in [0.717, 1.165) is 29.2 Å². The van der Waals surface area contributed by atoms with Crippen LogP contribution in [0.3, 0.4) is 0 Å². The Hall–Kier alpha value is -2.37. The summed E-state index contributed by atoms with van der Waals surface area (Å²) < 4.78 is 1.91. The fourth-order valence-corrected chi connectivity index (χ4v) is 4.81. The minimum atomic E-state index is -0.232. The summed E-state index contributed by atoms with van der Waals surface area (Å²) in [6.45, 7) is 2.17. The summed E-state index contributed by atoms with van der Waals surface area (Å²) in [5.74, 6) is 2.59. The molecule has 26 heavy (non-hydrogen) atoms. The van der Waals surface area contributed by atoms with Gasteiger partial charge in [-0.25, -0.2) is 4.98 Å². The van der Waals surface area contributed by atoms with Crippen LogP contribution in [0.15, 0.2) is 24.3 Å². The van der Waals surface area contributed by atoms with E-state index in [1.165, 1.54) is 25.7 Å². The lowest BCUT2D eigenvalue weighted by atomic mass is 9.86. The standard InChI is InChI=1S/C20H26N4O2/c1-2-18-21-16-5-3-4-6-17(16)24(18)12-20(26)23-22-19(25)11-15-10-13-7-8-14(15)9-13/h3-6,13-15H,2,7-12H2,1H3,(H,22,25)(H,23,26)/t13-,14-,15+/m1/s1. The zero-order chi connectivity index (χ0) is 18.1. The molecule has 2 fully saturated rings. The van der Waals surface area contributed by atoms with Crippen LogP contribution in [-0.4, -0.2) is 21.4 Å². The number of para-hydroxylation sites is 2. The first-order valence-electron chi connectivity index (χ1n) is 9.66. The van der Waals surface area contributed by atoms with Crippen LogP contribution in [-0.2, 0) is 22.6 Å². The average Bonchev–Trinajstić information content (AvgIpc) is 3.34. The van der Waals surface area contributed by atoms with E-state index in [1.54, 1.807) is 0 Å². The molecule has 3 atom stereocenters. The van der Waals surface area contributed by atoms with E-state index in [0.29, 0.717) is 18.3 Å². The fraction of sp³-hybridized carbons (Fsp3) is 0.550. The second-order valence-electron chi connectivity index (χ2n) is 7.69. The predicted octanol–water partition coefficient (Wildman–Crippen LogP) is 2.57. The van der Waals surface area contributed by atoms with E-state index in [-0.39, 0.29) is 18.4 Å². The lowest BCUT2D eigenvalue weighted by Gasteiger charge is -2.21. The van der Waals surface area contributed by atoms with Gasteiger partial charge in [-0.3, -0.25) is 20.4 Å². The van der Waals surface area contributed by atoms with Crippen molar-refractivity contribution in [1.29, 1.82) is 0 Å². The molecule has 6 heteroatoms. The molecule has 0 radical (unpaired) electrons. The number of carbonyl (C=O) groups is 2. The lowest BCUT2D eigenvalue weighted by molar-refractivity contribution is -0.129. The summed E-state index contributed by atoms with van der Waals surface area (Å²) in [6, 6.07) is 7.78. The third-order valence-electron chi connectivity index (χ3n) is 6.03. The number of aromatic nitrogens is 2. The Labute approximate surface area is 153 Å². The number of nitrogens with zero attached hydrogens (tertiary/aromatic N) is 2. The van der Waals surface area contributed by atoms with Gasteiger partial charge in [-0.1, -0.05) is 25.5 Å². The Morgan fingerprint density at radius 3 is 2.69 bits per heavy atom. The summed E-state index contributed by atoms with van der Waals surface area (Å²) in [5.41, 5.74) is 6.99. The number of hydrogen-bond donors (Lipinski definition) is 2. The summed E-state index contributed by atoms with van der Waals surface area (Å²) >= 11 is 0. The largest absolute Gasteiger partial charge is 0.318 e. The Morgan fingerprint density at radius 1 is 1.15 bits per heavy atom. The average molecular weight is 354 g/mol. The van der Waals surface area contributed by atoms with Crippen molar-refractivity contribution in [3.8, 4) is 0 Å². The molecule has 2 aliphatic carbocycles. The van der Waals surface area contributed by atoms with Gasteiger partial charge in [0.05, 0.1) is 11.0 Å². The maximum Gasteiger partial charge on any atom is 0.258 e. The van der Waals surface area contributed by atoms with E-state index < -0.39 is 0 Å². The van der Waals surface area contributed by atoms with Crippen LogP contribution in [0.5, 0.6) is 0 Å². The van der Waals surface area contributed by atoms with Crippen molar-refractivity contribution < 1.29 is 9.59 Å². The van der Waals surface area contributed by atoms with Gasteiger partial charge in [0.2, 0.25) is 5.91 Å². The van der Waals surface area contributed by atoms with Crippen LogP contribution in [0.4, 0.5) is 0 Å². The SMILES string of the molecule is CCc1nc2ccccc2n1CC(=O)NNC(=O)C[C@@H]1C[C@@H]2CC[C@@H]1C2. The first-order valence-corrected chi connectivity index (χ1v) is 9.66. The van der Waals surface area contributed by atoms with E-state index in [9.17, 15) is 9.59 Å². The normalized spacial score (nSPS) is 24.1.